The first-order valence-corrected chi connectivity index (χ1v) is 5.92. The fourth-order valence-corrected chi connectivity index (χ4v) is 1.92. The van der Waals surface area contributed by atoms with Crippen molar-refractivity contribution in [3.05, 3.63) is 0 Å². The van der Waals surface area contributed by atoms with E-state index >= 15 is 0 Å². The van der Waals surface area contributed by atoms with Crippen LogP contribution in [0.1, 0.15) is 33.1 Å². The third-order valence-corrected chi connectivity index (χ3v) is 3.41. The van der Waals surface area contributed by atoms with E-state index in [0.717, 1.165) is 25.9 Å². The molecule has 0 aromatic carbocycles. The van der Waals surface area contributed by atoms with Crippen LogP contribution in [-0.2, 0) is 4.79 Å². The zero-order valence-corrected chi connectivity index (χ0v) is 10.4. The summed E-state index contributed by atoms with van der Waals surface area (Å²) in [7, 11) is 2.06. The number of nitrogens with zero attached hydrogens (tertiary/aromatic N) is 2. The van der Waals surface area contributed by atoms with E-state index in [1.54, 1.807) is 6.92 Å². The van der Waals surface area contributed by atoms with Crippen LogP contribution < -0.4 is 5.32 Å². The van der Waals surface area contributed by atoms with Gasteiger partial charge in [-0.15, -0.1) is 0 Å². The lowest BCUT2D eigenvalue weighted by Gasteiger charge is -2.32. The monoisotopic (exact) mass is 223 g/mol. The Hall–Kier alpha value is -1.08. The fraction of sp³-hybridized carbons (Fsp3) is 0.833. The molecule has 4 heteroatoms. The Kier molecular flexibility index (Phi) is 4.31. The fourth-order valence-electron chi connectivity index (χ4n) is 1.92. The number of carbonyl (C=O) groups is 1. The molecule has 1 amide bonds. The molecular formula is C12H21N3O. The van der Waals surface area contributed by atoms with Gasteiger partial charge < -0.3 is 10.2 Å². The maximum atomic E-state index is 11.9. The topological polar surface area (TPSA) is 56.1 Å². The average molecular weight is 223 g/mol. The van der Waals surface area contributed by atoms with Crippen molar-refractivity contribution in [3.8, 4) is 6.07 Å². The number of hydrogen-bond acceptors (Lipinski definition) is 3. The number of carbonyl (C=O) groups excluding carboxylic acids is 1. The van der Waals surface area contributed by atoms with Crippen LogP contribution in [0.2, 0.25) is 0 Å². The van der Waals surface area contributed by atoms with E-state index in [-0.39, 0.29) is 11.9 Å². The Bertz CT molecular complexity index is 297. The van der Waals surface area contributed by atoms with Crippen molar-refractivity contribution in [2.24, 2.45) is 5.41 Å². The number of amides is 1. The standard InChI is InChI=1S/C12H21N3O/c1-4-12(2,9-13)11(16)14-10-6-5-7-15(3)8-10/h10H,4-8H2,1-3H3,(H,14,16). The largest absolute Gasteiger partial charge is 0.351 e. The molecular weight excluding hydrogens is 202 g/mol. The van der Waals surface area contributed by atoms with Gasteiger partial charge in [0, 0.05) is 12.6 Å². The van der Waals surface area contributed by atoms with Crippen LogP contribution in [0.25, 0.3) is 0 Å². The van der Waals surface area contributed by atoms with E-state index in [1.165, 1.54) is 0 Å². The minimum atomic E-state index is -0.879. The smallest absolute Gasteiger partial charge is 0.240 e. The second kappa shape index (κ2) is 5.31. The molecule has 1 rings (SSSR count). The quantitative estimate of drug-likeness (QED) is 0.780. The van der Waals surface area contributed by atoms with Gasteiger partial charge in [-0.25, -0.2) is 0 Å². The van der Waals surface area contributed by atoms with Gasteiger partial charge in [-0.3, -0.25) is 4.79 Å². The van der Waals surface area contributed by atoms with Gasteiger partial charge in [-0.2, -0.15) is 5.26 Å². The van der Waals surface area contributed by atoms with E-state index in [1.807, 2.05) is 6.92 Å². The van der Waals surface area contributed by atoms with Crippen molar-refractivity contribution in [2.75, 3.05) is 20.1 Å². The van der Waals surface area contributed by atoms with E-state index in [4.69, 9.17) is 5.26 Å². The molecule has 1 N–H and O–H groups in total. The van der Waals surface area contributed by atoms with Crippen molar-refractivity contribution in [2.45, 2.75) is 39.2 Å². The van der Waals surface area contributed by atoms with Gasteiger partial charge in [0.05, 0.1) is 6.07 Å². The van der Waals surface area contributed by atoms with Gasteiger partial charge in [0.1, 0.15) is 5.41 Å². The summed E-state index contributed by atoms with van der Waals surface area (Å²) in [5.74, 6) is -0.127. The molecule has 1 aliphatic rings. The minimum absolute atomic E-state index is 0.127. The summed E-state index contributed by atoms with van der Waals surface area (Å²) in [5, 5.41) is 12.0. The molecule has 1 heterocycles. The summed E-state index contributed by atoms with van der Waals surface area (Å²) in [6, 6.07) is 2.30. The molecule has 2 atom stereocenters. The number of piperidine rings is 1. The lowest BCUT2D eigenvalue weighted by atomic mass is 9.88. The molecule has 0 spiro atoms. The Morgan fingerprint density at radius 2 is 2.38 bits per heavy atom. The van der Waals surface area contributed by atoms with Crippen LogP contribution in [-0.4, -0.2) is 37.0 Å². The number of rotatable bonds is 3. The lowest BCUT2D eigenvalue weighted by Crippen LogP contribution is -2.50. The predicted molar refractivity (Wildman–Crippen MR) is 62.7 cm³/mol. The van der Waals surface area contributed by atoms with Gasteiger partial charge in [0.15, 0.2) is 0 Å². The van der Waals surface area contributed by atoms with E-state index in [9.17, 15) is 4.79 Å². The average Bonchev–Trinajstić information content (AvgIpc) is 2.28. The first-order chi connectivity index (χ1) is 7.51. The molecule has 0 aliphatic carbocycles. The number of hydrogen-bond donors (Lipinski definition) is 1. The van der Waals surface area contributed by atoms with Crippen LogP contribution in [0.3, 0.4) is 0 Å². The van der Waals surface area contributed by atoms with Crippen molar-refractivity contribution in [1.82, 2.24) is 10.2 Å². The molecule has 0 radical (unpaired) electrons. The highest BCUT2D eigenvalue weighted by Gasteiger charge is 2.33. The maximum Gasteiger partial charge on any atom is 0.240 e. The third kappa shape index (κ3) is 2.96. The zero-order chi connectivity index (χ0) is 12.2. The molecule has 1 saturated heterocycles. The summed E-state index contributed by atoms with van der Waals surface area (Å²) >= 11 is 0. The van der Waals surface area contributed by atoms with Crippen molar-refractivity contribution >= 4 is 5.91 Å². The third-order valence-electron chi connectivity index (χ3n) is 3.41. The van der Waals surface area contributed by atoms with E-state index in [2.05, 4.69) is 23.3 Å². The summed E-state index contributed by atoms with van der Waals surface area (Å²) in [6.07, 6.45) is 2.68. The Morgan fingerprint density at radius 1 is 1.69 bits per heavy atom. The summed E-state index contributed by atoms with van der Waals surface area (Å²) in [6.45, 7) is 5.55. The van der Waals surface area contributed by atoms with Crippen LogP contribution in [0.15, 0.2) is 0 Å². The SMILES string of the molecule is CCC(C)(C#N)C(=O)NC1CCCN(C)C1. The molecule has 2 unspecified atom stereocenters. The van der Waals surface area contributed by atoms with Crippen LogP contribution in [0.5, 0.6) is 0 Å². The normalized spacial score (nSPS) is 25.5. The van der Waals surface area contributed by atoms with Gasteiger partial charge in [0.2, 0.25) is 5.91 Å². The summed E-state index contributed by atoms with van der Waals surface area (Å²) in [5.41, 5.74) is -0.879. The second-order valence-electron chi connectivity index (χ2n) is 4.87. The first-order valence-electron chi connectivity index (χ1n) is 5.92. The zero-order valence-electron chi connectivity index (χ0n) is 10.4. The van der Waals surface area contributed by atoms with Gasteiger partial charge >= 0.3 is 0 Å². The van der Waals surface area contributed by atoms with Gasteiger partial charge in [0.25, 0.3) is 0 Å². The number of nitrogens with one attached hydrogen (secondary N) is 1. The Labute approximate surface area is 97.6 Å². The lowest BCUT2D eigenvalue weighted by molar-refractivity contribution is -0.128. The second-order valence-corrected chi connectivity index (χ2v) is 4.87. The number of nitriles is 1. The summed E-state index contributed by atoms with van der Waals surface area (Å²) in [4.78, 5) is 14.2. The Balaban J connectivity index is 2.54. The maximum absolute atomic E-state index is 11.9. The molecule has 4 nitrogen and oxygen atoms in total. The molecule has 0 aromatic rings. The number of likely N-dealkylation sites (tertiary alicyclic amines) is 1. The van der Waals surface area contributed by atoms with E-state index in [0.29, 0.717) is 6.42 Å². The van der Waals surface area contributed by atoms with Crippen molar-refractivity contribution in [3.63, 3.8) is 0 Å². The van der Waals surface area contributed by atoms with Crippen LogP contribution >= 0.6 is 0 Å². The summed E-state index contributed by atoms with van der Waals surface area (Å²) < 4.78 is 0. The highest BCUT2D eigenvalue weighted by molar-refractivity contribution is 5.85. The van der Waals surface area contributed by atoms with Gasteiger partial charge in [-0.1, -0.05) is 6.92 Å². The van der Waals surface area contributed by atoms with Crippen molar-refractivity contribution < 1.29 is 4.79 Å². The highest BCUT2D eigenvalue weighted by atomic mass is 16.2. The first kappa shape index (κ1) is 13.0. The molecule has 1 aliphatic heterocycles. The Morgan fingerprint density at radius 3 is 2.88 bits per heavy atom. The number of likely N-dealkylation sites (N-methyl/N-ethyl adjacent to an activating group) is 1. The van der Waals surface area contributed by atoms with Crippen LogP contribution in [0.4, 0.5) is 0 Å². The highest BCUT2D eigenvalue weighted by Crippen LogP contribution is 2.20. The molecule has 16 heavy (non-hydrogen) atoms. The van der Waals surface area contributed by atoms with Crippen molar-refractivity contribution in [1.29, 1.82) is 5.26 Å². The predicted octanol–water partition coefficient (Wildman–Crippen LogP) is 1.14. The van der Waals surface area contributed by atoms with Crippen LogP contribution in [0, 0.1) is 16.7 Å². The molecule has 90 valence electrons. The minimum Gasteiger partial charge on any atom is -0.351 e. The van der Waals surface area contributed by atoms with E-state index < -0.39 is 5.41 Å². The van der Waals surface area contributed by atoms with Gasteiger partial charge in [-0.05, 0) is 39.8 Å². The molecule has 0 bridgehead atoms. The molecule has 0 aromatic heterocycles. The molecule has 0 saturated carbocycles. The molecule has 1 fully saturated rings.